The van der Waals surface area contributed by atoms with Gasteiger partial charge in [-0.25, -0.2) is 4.57 Å². The van der Waals surface area contributed by atoms with Gasteiger partial charge in [0.2, 0.25) is 0 Å². The van der Waals surface area contributed by atoms with Gasteiger partial charge in [0.15, 0.2) is 0 Å². The largest absolute Gasteiger partial charge is 0.469 e. The van der Waals surface area contributed by atoms with Crippen LogP contribution in [0.1, 0.15) is 107 Å². The Kier molecular flexibility index (Phi) is 21.3. The molecule has 2 unspecified atom stereocenters. The van der Waals surface area contributed by atoms with Crippen molar-refractivity contribution in [2.24, 2.45) is 0 Å². The van der Waals surface area contributed by atoms with Crippen LogP contribution >= 0.6 is 7.82 Å². The number of phosphoric ester groups is 1. The minimum absolute atomic E-state index is 0.256. The molecule has 0 radical (unpaired) electrons. The van der Waals surface area contributed by atoms with Crippen LogP contribution in [0.3, 0.4) is 0 Å². The van der Waals surface area contributed by atoms with Gasteiger partial charge >= 0.3 is 7.82 Å². The second kappa shape index (κ2) is 22.1. The first-order chi connectivity index (χ1) is 18.7. The summed E-state index contributed by atoms with van der Waals surface area (Å²) in [6, 6.07) is 0. The molecule has 6 nitrogen and oxygen atoms in total. The predicted octanol–water partition coefficient (Wildman–Crippen LogP) is 9.33. The number of phosphoric acid groups is 1. The van der Waals surface area contributed by atoms with Crippen molar-refractivity contribution >= 4 is 7.82 Å². The fourth-order valence-electron chi connectivity index (χ4n) is 3.78. The molecule has 0 spiro atoms. The van der Waals surface area contributed by atoms with E-state index < -0.39 is 20.0 Å². The summed E-state index contributed by atoms with van der Waals surface area (Å²) in [5.41, 5.74) is 7.58. The van der Waals surface area contributed by atoms with Crippen molar-refractivity contribution in [3.63, 3.8) is 0 Å². The van der Waals surface area contributed by atoms with E-state index in [1.807, 2.05) is 6.08 Å². The fraction of sp³-hybridized carbons (Fsp3) is 0.636. The van der Waals surface area contributed by atoms with Crippen LogP contribution in [-0.2, 0) is 18.6 Å². The smallest absolute Gasteiger partial charge is 0.371 e. The van der Waals surface area contributed by atoms with Crippen LogP contribution in [0.5, 0.6) is 0 Å². The van der Waals surface area contributed by atoms with Crippen molar-refractivity contribution in [2.45, 2.75) is 119 Å². The SMILES string of the molecule is CC(C)=CCC/C(C)=C/COC(C/C=C(\C)CCC=C(C)C)C(COP(=O)(O)O)OC/C=C(\C)CCC=C(C)C. The van der Waals surface area contributed by atoms with Gasteiger partial charge in [-0.1, -0.05) is 69.9 Å². The summed E-state index contributed by atoms with van der Waals surface area (Å²) in [7, 11) is -4.66. The van der Waals surface area contributed by atoms with Gasteiger partial charge < -0.3 is 19.3 Å². The van der Waals surface area contributed by atoms with Crippen molar-refractivity contribution in [3.8, 4) is 0 Å². The molecule has 0 rings (SSSR count). The van der Waals surface area contributed by atoms with Gasteiger partial charge in [-0.15, -0.1) is 0 Å². The number of allylic oxidation sites excluding steroid dienone is 9. The third-order valence-electron chi connectivity index (χ3n) is 6.28. The Morgan fingerprint density at radius 1 is 0.600 bits per heavy atom. The van der Waals surface area contributed by atoms with Crippen molar-refractivity contribution in [2.75, 3.05) is 19.8 Å². The molecule has 0 saturated carbocycles. The number of rotatable bonds is 21. The van der Waals surface area contributed by atoms with Crippen molar-refractivity contribution in [3.05, 3.63) is 69.9 Å². The lowest BCUT2D eigenvalue weighted by atomic mass is 10.1. The van der Waals surface area contributed by atoms with Crippen molar-refractivity contribution in [1.82, 2.24) is 0 Å². The molecule has 7 heteroatoms. The Hall–Kier alpha value is -1.53. The third kappa shape index (κ3) is 24.3. The third-order valence-corrected chi connectivity index (χ3v) is 6.76. The lowest BCUT2D eigenvalue weighted by molar-refractivity contribution is -0.0767. The van der Waals surface area contributed by atoms with E-state index in [-0.39, 0.29) is 6.61 Å². The molecule has 0 amide bonds. The molecule has 0 aliphatic carbocycles. The van der Waals surface area contributed by atoms with Gasteiger partial charge in [-0.05, 0) is 107 Å². The van der Waals surface area contributed by atoms with E-state index in [1.54, 1.807) is 0 Å². The predicted molar refractivity (Wildman–Crippen MR) is 169 cm³/mol. The second-order valence-corrected chi connectivity index (χ2v) is 12.6. The number of hydrogen-bond acceptors (Lipinski definition) is 4. The maximum absolute atomic E-state index is 11.5. The molecule has 0 aromatic carbocycles. The maximum Gasteiger partial charge on any atom is 0.469 e. The van der Waals surface area contributed by atoms with Gasteiger partial charge in [0.25, 0.3) is 0 Å². The van der Waals surface area contributed by atoms with Crippen LogP contribution in [0.2, 0.25) is 0 Å². The molecule has 0 fully saturated rings. The molecule has 2 atom stereocenters. The van der Waals surface area contributed by atoms with E-state index in [4.69, 9.17) is 14.0 Å². The normalized spacial score (nSPS) is 14.5. The summed E-state index contributed by atoms with van der Waals surface area (Å²) < 4.78 is 28.9. The van der Waals surface area contributed by atoms with Gasteiger partial charge in [-0.2, -0.15) is 0 Å². The monoisotopic (exact) mass is 580 g/mol. The molecule has 230 valence electrons. The average Bonchev–Trinajstić information content (AvgIpc) is 2.82. The summed E-state index contributed by atoms with van der Waals surface area (Å²) in [6.07, 6.45) is 18.2. The van der Waals surface area contributed by atoms with Crippen LogP contribution < -0.4 is 0 Å². The lowest BCUT2D eigenvalue weighted by Gasteiger charge is -2.26. The molecular formula is C33H57O6P. The first-order valence-corrected chi connectivity index (χ1v) is 16.0. The highest BCUT2D eigenvalue weighted by Gasteiger charge is 2.26. The highest BCUT2D eigenvalue weighted by molar-refractivity contribution is 7.46. The number of ether oxygens (including phenoxy) is 2. The molecule has 0 aliphatic heterocycles. The Balaban J connectivity index is 5.65. The van der Waals surface area contributed by atoms with E-state index in [0.717, 1.165) is 38.5 Å². The zero-order valence-electron chi connectivity index (χ0n) is 26.7. The quantitative estimate of drug-likeness (QED) is 0.104. The molecule has 40 heavy (non-hydrogen) atoms. The van der Waals surface area contributed by atoms with Crippen LogP contribution in [0.15, 0.2) is 69.9 Å². The number of hydrogen-bond donors (Lipinski definition) is 2. The van der Waals surface area contributed by atoms with Crippen LogP contribution in [0.25, 0.3) is 0 Å². The molecule has 0 heterocycles. The molecule has 0 bridgehead atoms. The molecule has 2 N–H and O–H groups in total. The van der Waals surface area contributed by atoms with Crippen LogP contribution in [-0.4, -0.2) is 41.8 Å². The van der Waals surface area contributed by atoms with Crippen LogP contribution in [0, 0.1) is 0 Å². The zero-order chi connectivity index (χ0) is 30.6. The summed E-state index contributed by atoms with van der Waals surface area (Å²) in [6.45, 7) is 19.3. The second-order valence-electron chi connectivity index (χ2n) is 11.4. The first-order valence-electron chi connectivity index (χ1n) is 14.5. The Morgan fingerprint density at radius 3 is 1.35 bits per heavy atom. The minimum atomic E-state index is -4.66. The Morgan fingerprint density at radius 2 is 0.975 bits per heavy atom. The first kappa shape index (κ1) is 38.5. The minimum Gasteiger partial charge on any atom is -0.371 e. The summed E-state index contributed by atoms with van der Waals surface area (Å²) in [4.78, 5) is 18.8. The summed E-state index contributed by atoms with van der Waals surface area (Å²) in [5.74, 6) is 0. The van der Waals surface area contributed by atoms with Crippen LogP contribution in [0.4, 0.5) is 0 Å². The van der Waals surface area contributed by atoms with Gasteiger partial charge in [-0.3, -0.25) is 4.52 Å². The van der Waals surface area contributed by atoms with Gasteiger partial charge in [0, 0.05) is 0 Å². The van der Waals surface area contributed by atoms with Gasteiger partial charge in [0.05, 0.1) is 25.9 Å². The molecule has 0 aliphatic rings. The highest BCUT2D eigenvalue weighted by Crippen LogP contribution is 2.36. The van der Waals surface area contributed by atoms with Gasteiger partial charge in [0.1, 0.15) is 6.10 Å². The Bertz CT molecular complexity index is 936. The highest BCUT2D eigenvalue weighted by atomic mass is 31.2. The van der Waals surface area contributed by atoms with E-state index in [1.165, 1.54) is 33.4 Å². The molecule has 0 saturated heterocycles. The summed E-state index contributed by atoms with van der Waals surface area (Å²) >= 11 is 0. The van der Waals surface area contributed by atoms with Crippen molar-refractivity contribution in [1.29, 1.82) is 0 Å². The topological polar surface area (TPSA) is 85.2 Å². The lowest BCUT2D eigenvalue weighted by Crippen LogP contribution is -2.35. The average molecular weight is 581 g/mol. The molecule has 0 aromatic rings. The maximum atomic E-state index is 11.5. The van der Waals surface area contributed by atoms with Crippen molar-refractivity contribution < 1.29 is 28.3 Å². The molecule has 0 aromatic heterocycles. The fourth-order valence-corrected chi connectivity index (χ4v) is 4.12. The van der Waals surface area contributed by atoms with E-state index in [0.29, 0.717) is 19.6 Å². The molecular weight excluding hydrogens is 523 g/mol. The van der Waals surface area contributed by atoms with E-state index in [9.17, 15) is 14.4 Å². The van der Waals surface area contributed by atoms with E-state index >= 15 is 0 Å². The summed E-state index contributed by atoms with van der Waals surface area (Å²) in [5, 5.41) is 0. The zero-order valence-corrected chi connectivity index (χ0v) is 27.6. The van der Waals surface area contributed by atoms with E-state index in [2.05, 4.69) is 92.7 Å². The standard InChI is InChI=1S/C33H57O6P/c1-26(2)13-10-16-29(7)19-20-32(37-23-21-30(8)17-11-14-27(3)4)33(25-39-40(34,35)36)38-24-22-31(9)18-12-15-28(5)6/h13-15,19,21-22,32-33H,10-12,16-18,20,23-25H2,1-9H3,(H2,34,35,36)/b29-19+,30-21+,31-22+. The Labute approximate surface area is 245 Å².